The lowest BCUT2D eigenvalue weighted by molar-refractivity contribution is -0.125. The van der Waals surface area contributed by atoms with Crippen molar-refractivity contribution in [3.8, 4) is 11.6 Å². The van der Waals surface area contributed by atoms with E-state index in [2.05, 4.69) is 58.3 Å². The van der Waals surface area contributed by atoms with Crippen LogP contribution in [0.5, 0.6) is 11.6 Å². The van der Waals surface area contributed by atoms with Gasteiger partial charge in [0.25, 0.3) is 0 Å². The monoisotopic (exact) mass is 444 g/mol. The van der Waals surface area contributed by atoms with Crippen LogP contribution in [0.25, 0.3) is 0 Å². The molecule has 0 bridgehead atoms. The molecule has 0 unspecified atom stereocenters. The third-order valence-electron chi connectivity index (χ3n) is 6.32. The molecule has 2 aromatic carbocycles. The Hall–Kier alpha value is -3.41. The fourth-order valence-electron chi connectivity index (χ4n) is 4.14. The number of rotatable bonds is 8. The molecule has 1 amide bonds. The van der Waals surface area contributed by atoms with Gasteiger partial charge < -0.3 is 15.0 Å². The Morgan fingerprint density at radius 3 is 2.52 bits per heavy atom. The second kappa shape index (κ2) is 10.9. The highest BCUT2D eigenvalue weighted by Crippen LogP contribution is 2.26. The average Bonchev–Trinajstić information content (AvgIpc) is 2.88. The Kier molecular flexibility index (Phi) is 7.55. The van der Waals surface area contributed by atoms with Crippen molar-refractivity contribution < 1.29 is 9.53 Å². The number of carbonyl (C=O) groups excluding carboxylic acids is 1. The molecule has 6 heteroatoms. The van der Waals surface area contributed by atoms with E-state index in [1.807, 2.05) is 36.4 Å². The summed E-state index contributed by atoms with van der Waals surface area (Å²) in [5.74, 6) is 2.61. The molecule has 1 aromatic heterocycles. The second-order valence-electron chi connectivity index (χ2n) is 8.63. The number of benzene rings is 2. The summed E-state index contributed by atoms with van der Waals surface area (Å²) in [6.45, 7) is 6.51. The number of amides is 1. The normalized spacial score (nSPS) is 15.2. The van der Waals surface area contributed by atoms with Crippen LogP contribution in [0, 0.1) is 5.92 Å². The van der Waals surface area contributed by atoms with Gasteiger partial charge in [0.05, 0.1) is 0 Å². The number of hydrogen-bond acceptors (Lipinski definition) is 5. The zero-order chi connectivity index (χ0) is 23.0. The number of nitrogens with one attached hydrogen (secondary N) is 1. The van der Waals surface area contributed by atoms with Gasteiger partial charge in [-0.05, 0) is 48.4 Å². The Morgan fingerprint density at radius 1 is 1.09 bits per heavy atom. The first kappa shape index (κ1) is 22.8. The fourth-order valence-corrected chi connectivity index (χ4v) is 4.14. The van der Waals surface area contributed by atoms with Gasteiger partial charge in [0.2, 0.25) is 11.8 Å². The summed E-state index contributed by atoms with van der Waals surface area (Å²) >= 11 is 0. The van der Waals surface area contributed by atoms with Crippen molar-refractivity contribution in [1.29, 1.82) is 0 Å². The van der Waals surface area contributed by atoms with E-state index in [1.54, 1.807) is 0 Å². The van der Waals surface area contributed by atoms with Crippen molar-refractivity contribution in [2.24, 2.45) is 5.92 Å². The Bertz CT molecular complexity index is 1030. The first-order chi connectivity index (χ1) is 16.1. The van der Waals surface area contributed by atoms with Gasteiger partial charge in [-0.25, -0.2) is 9.97 Å². The van der Waals surface area contributed by atoms with E-state index in [0.717, 1.165) is 43.9 Å². The summed E-state index contributed by atoms with van der Waals surface area (Å²) in [4.78, 5) is 23.6. The van der Waals surface area contributed by atoms with Gasteiger partial charge >= 0.3 is 0 Å². The van der Waals surface area contributed by atoms with Gasteiger partial charge in [0, 0.05) is 31.6 Å². The average molecular weight is 445 g/mol. The lowest BCUT2D eigenvalue weighted by atomic mass is 9.95. The summed E-state index contributed by atoms with van der Waals surface area (Å²) < 4.78 is 5.92. The van der Waals surface area contributed by atoms with Gasteiger partial charge in [-0.3, -0.25) is 4.79 Å². The van der Waals surface area contributed by atoms with Crippen LogP contribution in [-0.2, 0) is 11.2 Å². The molecule has 0 aliphatic carbocycles. The highest BCUT2D eigenvalue weighted by atomic mass is 16.5. The van der Waals surface area contributed by atoms with Crippen LogP contribution < -0.4 is 15.0 Å². The maximum absolute atomic E-state index is 12.7. The van der Waals surface area contributed by atoms with E-state index in [9.17, 15) is 4.79 Å². The molecule has 0 saturated carbocycles. The summed E-state index contributed by atoms with van der Waals surface area (Å²) in [6.07, 6.45) is 4.15. The molecule has 1 saturated heterocycles. The fraction of sp³-hybridized carbons (Fsp3) is 0.370. The van der Waals surface area contributed by atoms with Crippen LogP contribution in [-0.4, -0.2) is 35.5 Å². The lowest BCUT2D eigenvalue weighted by Gasteiger charge is -2.32. The molecule has 0 spiro atoms. The molecule has 1 atom stereocenters. The van der Waals surface area contributed by atoms with Crippen LogP contribution in [0.4, 0.5) is 5.82 Å². The molecular formula is C27H32N4O2. The van der Waals surface area contributed by atoms with E-state index >= 15 is 0 Å². The molecule has 1 N–H and O–H groups in total. The van der Waals surface area contributed by atoms with Crippen molar-refractivity contribution in [3.05, 3.63) is 78.1 Å². The standard InChI is InChI=1S/C27H32N4O2/c1-3-21-9-11-24(12-10-21)33-26-17-25(29-19-30-26)31-15-13-23(14-16-31)27(32)28-18-20(2)22-7-5-4-6-8-22/h4-12,17,19-20,23H,3,13-16,18H2,1-2H3,(H,28,32)/t20-/m0/s1. The number of anilines is 1. The number of aryl methyl sites for hydroxylation is 1. The SMILES string of the molecule is CCc1ccc(Oc2cc(N3CCC(C(=O)NC[C@H](C)c4ccccc4)CC3)ncn2)cc1. The maximum atomic E-state index is 12.7. The molecule has 1 aliphatic rings. The van der Waals surface area contributed by atoms with Crippen LogP contribution in [0.2, 0.25) is 0 Å². The number of carbonyl (C=O) groups is 1. The van der Waals surface area contributed by atoms with Crippen molar-refractivity contribution in [2.75, 3.05) is 24.5 Å². The summed E-state index contributed by atoms with van der Waals surface area (Å²) in [6, 6.07) is 20.2. The summed E-state index contributed by atoms with van der Waals surface area (Å²) in [5, 5.41) is 3.15. The Morgan fingerprint density at radius 2 is 1.82 bits per heavy atom. The number of nitrogens with zero attached hydrogens (tertiary/aromatic N) is 3. The molecular weight excluding hydrogens is 412 g/mol. The number of ether oxygens (including phenoxy) is 1. The number of aromatic nitrogens is 2. The van der Waals surface area contributed by atoms with Crippen LogP contribution in [0.1, 0.15) is 43.7 Å². The van der Waals surface area contributed by atoms with Crippen LogP contribution >= 0.6 is 0 Å². The van der Waals surface area contributed by atoms with E-state index in [4.69, 9.17) is 4.74 Å². The number of hydrogen-bond donors (Lipinski definition) is 1. The molecule has 1 fully saturated rings. The zero-order valence-electron chi connectivity index (χ0n) is 19.4. The molecule has 33 heavy (non-hydrogen) atoms. The predicted molar refractivity (Wildman–Crippen MR) is 131 cm³/mol. The van der Waals surface area contributed by atoms with Gasteiger partial charge in [-0.1, -0.05) is 56.3 Å². The van der Waals surface area contributed by atoms with Crippen molar-refractivity contribution in [1.82, 2.24) is 15.3 Å². The summed E-state index contributed by atoms with van der Waals surface area (Å²) in [5.41, 5.74) is 2.52. The van der Waals surface area contributed by atoms with Gasteiger partial charge in [0.15, 0.2) is 0 Å². The molecule has 2 heterocycles. The highest BCUT2D eigenvalue weighted by molar-refractivity contribution is 5.79. The quantitative estimate of drug-likeness (QED) is 0.531. The van der Waals surface area contributed by atoms with Crippen molar-refractivity contribution in [2.45, 2.75) is 39.0 Å². The molecule has 0 radical (unpaired) electrons. The maximum Gasteiger partial charge on any atom is 0.224 e. The third-order valence-corrected chi connectivity index (χ3v) is 6.32. The largest absolute Gasteiger partial charge is 0.439 e. The Balaban J connectivity index is 1.27. The third kappa shape index (κ3) is 6.09. The van der Waals surface area contributed by atoms with Crippen molar-refractivity contribution >= 4 is 11.7 Å². The molecule has 172 valence electrons. The van der Waals surface area contributed by atoms with Gasteiger partial charge in [0.1, 0.15) is 17.9 Å². The minimum absolute atomic E-state index is 0.0406. The first-order valence-corrected chi connectivity index (χ1v) is 11.8. The van der Waals surface area contributed by atoms with E-state index < -0.39 is 0 Å². The minimum atomic E-state index is 0.0406. The van der Waals surface area contributed by atoms with Gasteiger partial charge in [-0.2, -0.15) is 0 Å². The Labute approximate surface area is 196 Å². The molecule has 6 nitrogen and oxygen atoms in total. The van der Waals surface area contributed by atoms with E-state index in [1.165, 1.54) is 17.5 Å². The second-order valence-corrected chi connectivity index (χ2v) is 8.63. The van der Waals surface area contributed by atoms with Crippen LogP contribution in [0.3, 0.4) is 0 Å². The first-order valence-electron chi connectivity index (χ1n) is 11.8. The van der Waals surface area contributed by atoms with E-state index in [-0.39, 0.29) is 11.8 Å². The zero-order valence-corrected chi connectivity index (χ0v) is 19.4. The molecule has 4 rings (SSSR count). The highest BCUT2D eigenvalue weighted by Gasteiger charge is 2.26. The molecule has 1 aliphatic heterocycles. The predicted octanol–water partition coefficient (Wildman–Crippen LogP) is 4.97. The lowest BCUT2D eigenvalue weighted by Crippen LogP contribution is -2.41. The summed E-state index contributed by atoms with van der Waals surface area (Å²) in [7, 11) is 0. The van der Waals surface area contributed by atoms with Gasteiger partial charge in [-0.15, -0.1) is 0 Å². The molecule has 3 aromatic rings. The van der Waals surface area contributed by atoms with Crippen molar-refractivity contribution in [3.63, 3.8) is 0 Å². The topological polar surface area (TPSA) is 67.3 Å². The minimum Gasteiger partial charge on any atom is -0.439 e. The van der Waals surface area contributed by atoms with Crippen LogP contribution in [0.15, 0.2) is 67.0 Å². The van der Waals surface area contributed by atoms with E-state index in [0.29, 0.717) is 18.3 Å². The number of piperidine rings is 1. The smallest absolute Gasteiger partial charge is 0.224 e.